The highest BCUT2D eigenvalue weighted by molar-refractivity contribution is 5.94. The second-order valence-corrected chi connectivity index (χ2v) is 6.37. The minimum atomic E-state index is 0.300. The van der Waals surface area contributed by atoms with Gasteiger partial charge in [-0.3, -0.25) is 4.79 Å². The molecule has 3 nitrogen and oxygen atoms in total. The summed E-state index contributed by atoms with van der Waals surface area (Å²) in [7, 11) is 0. The monoisotopic (exact) mass is 248 g/mol. The van der Waals surface area contributed by atoms with Crippen LogP contribution in [0.25, 0.3) is 0 Å². The number of carbonyl (C=O) groups excluding carboxylic acids is 1. The van der Waals surface area contributed by atoms with E-state index in [9.17, 15) is 4.79 Å². The van der Waals surface area contributed by atoms with Gasteiger partial charge in [-0.25, -0.2) is 0 Å². The third kappa shape index (κ3) is 2.09. The number of hydrogen-bond donors (Lipinski definition) is 1. The fraction of sp³-hybridized carbons (Fsp3) is 0.800. The first kappa shape index (κ1) is 12.2. The minimum absolute atomic E-state index is 0.300. The Morgan fingerprint density at radius 1 is 1.17 bits per heavy atom. The van der Waals surface area contributed by atoms with E-state index >= 15 is 0 Å². The maximum Gasteiger partial charge on any atom is 0.249 e. The van der Waals surface area contributed by atoms with Gasteiger partial charge >= 0.3 is 0 Å². The van der Waals surface area contributed by atoms with Crippen molar-refractivity contribution >= 4 is 5.91 Å². The maximum atomic E-state index is 12.4. The summed E-state index contributed by atoms with van der Waals surface area (Å²) in [5, 5.41) is 3.22. The van der Waals surface area contributed by atoms with Crippen LogP contribution in [0.15, 0.2) is 11.1 Å². The number of amides is 1. The van der Waals surface area contributed by atoms with Crippen LogP contribution < -0.4 is 5.32 Å². The second-order valence-electron chi connectivity index (χ2n) is 6.37. The van der Waals surface area contributed by atoms with Gasteiger partial charge in [0.25, 0.3) is 0 Å². The lowest BCUT2D eigenvalue weighted by atomic mass is 9.73. The van der Waals surface area contributed by atoms with Crippen molar-refractivity contribution in [3.63, 3.8) is 0 Å². The molecule has 0 unspecified atom stereocenters. The second kappa shape index (κ2) is 4.69. The van der Waals surface area contributed by atoms with Crippen molar-refractivity contribution in [2.24, 2.45) is 5.41 Å². The average Bonchev–Trinajstić information content (AvgIpc) is 2.71. The zero-order valence-corrected chi connectivity index (χ0v) is 11.4. The van der Waals surface area contributed by atoms with Crippen LogP contribution in [0.4, 0.5) is 0 Å². The lowest BCUT2D eigenvalue weighted by molar-refractivity contribution is -0.126. The number of nitrogens with zero attached hydrogens (tertiary/aromatic N) is 1. The normalized spacial score (nSPS) is 26.3. The smallest absolute Gasteiger partial charge is 0.249 e. The molecule has 0 bridgehead atoms. The standard InChI is InChI=1S/C15H24N2O/c1-12(13-9-16-10-13)14(18)17-8-7-15(11-17)5-3-2-4-6-15/h16H,2-11H2,1H3. The molecule has 1 N–H and O–H groups in total. The number of rotatable bonds is 1. The SMILES string of the molecule is CC(C(=O)N1CCC2(CCCCC2)C1)=C1CNC1. The number of nitrogens with one attached hydrogen (secondary N) is 1. The van der Waals surface area contributed by atoms with E-state index in [0.29, 0.717) is 11.3 Å². The molecular formula is C15H24N2O. The first-order valence-corrected chi connectivity index (χ1v) is 7.39. The van der Waals surface area contributed by atoms with Crippen LogP contribution in [0.3, 0.4) is 0 Å². The Morgan fingerprint density at radius 2 is 1.89 bits per heavy atom. The molecule has 1 aliphatic carbocycles. The van der Waals surface area contributed by atoms with Crippen molar-refractivity contribution < 1.29 is 4.79 Å². The van der Waals surface area contributed by atoms with Gasteiger partial charge in [0.2, 0.25) is 5.91 Å². The Morgan fingerprint density at radius 3 is 2.50 bits per heavy atom. The van der Waals surface area contributed by atoms with Crippen LogP contribution in [0.5, 0.6) is 0 Å². The lowest BCUT2D eigenvalue weighted by Gasteiger charge is -2.33. The van der Waals surface area contributed by atoms with E-state index in [2.05, 4.69) is 10.2 Å². The Kier molecular flexibility index (Phi) is 3.18. The van der Waals surface area contributed by atoms with Gasteiger partial charge in [-0.2, -0.15) is 0 Å². The third-order valence-corrected chi connectivity index (χ3v) is 5.17. The molecule has 2 saturated heterocycles. The third-order valence-electron chi connectivity index (χ3n) is 5.17. The van der Waals surface area contributed by atoms with Crippen molar-refractivity contribution in [3.05, 3.63) is 11.1 Å². The van der Waals surface area contributed by atoms with Crippen LogP contribution in [0.2, 0.25) is 0 Å². The van der Waals surface area contributed by atoms with Crippen molar-refractivity contribution in [2.45, 2.75) is 45.4 Å². The minimum Gasteiger partial charge on any atom is -0.338 e. The Hall–Kier alpha value is -0.830. The van der Waals surface area contributed by atoms with Crippen LogP contribution in [0.1, 0.15) is 45.4 Å². The molecule has 1 spiro atoms. The molecular weight excluding hydrogens is 224 g/mol. The van der Waals surface area contributed by atoms with Gasteiger partial charge in [-0.05, 0) is 37.2 Å². The van der Waals surface area contributed by atoms with Crippen molar-refractivity contribution in [1.29, 1.82) is 0 Å². The summed E-state index contributed by atoms with van der Waals surface area (Å²) in [6.07, 6.45) is 8.05. The molecule has 2 aliphatic heterocycles. The average molecular weight is 248 g/mol. The van der Waals surface area contributed by atoms with Crippen molar-refractivity contribution in [2.75, 3.05) is 26.2 Å². The van der Waals surface area contributed by atoms with Crippen molar-refractivity contribution in [3.8, 4) is 0 Å². The number of likely N-dealkylation sites (tertiary alicyclic amines) is 1. The summed E-state index contributed by atoms with van der Waals surface area (Å²) in [6, 6.07) is 0. The highest BCUT2D eigenvalue weighted by Gasteiger charge is 2.40. The van der Waals surface area contributed by atoms with E-state index in [4.69, 9.17) is 0 Å². The van der Waals surface area contributed by atoms with Crippen LogP contribution in [-0.4, -0.2) is 37.0 Å². The first-order chi connectivity index (χ1) is 8.70. The van der Waals surface area contributed by atoms with E-state index in [-0.39, 0.29) is 0 Å². The predicted octanol–water partition coefficient (Wildman–Crippen LogP) is 2.09. The fourth-order valence-corrected chi connectivity index (χ4v) is 3.72. The summed E-state index contributed by atoms with van der Waals surface area (Å²) in [5.41, 5.74) is 2.79. The van der Waals surface area contributed by atoms with E-state index in [1.807, 2.05) is 6.92 Å². The Balaban J connectivity index is 1.66. The molecule has 0 atom stereocenters. The lowest BCUT2D eigenvalue weighted by Crippen LogP contribution is -2.39. The van der Waals surface area contributed by atoms with Gasteiger partial charge in [0.15, 0.2) is 0 Å². The van der Waals surface area contributed by atoms with Gasteiger partial charge in [0.1, 0.15) is 0 Å². The molecule has 18 heavy (non-hydrogen) atoms. The van der Waals surface area contributed by atoms with E-state index in [1.165, 1.54) is 44.1 Å². The first-order valence-electron chi connectivity index (χ1n) is 7.39. The molecule has 0 radical (unpaired) electrons. The summed E-state index contributed by atoms with van der Waals surface area (Å²) in [6.45, 7) is 5.83. The molecule has 0 aromatic carbocycles. The van der Waals surface area contributed by atoms with Gasteiger partial charge in [0.05, 0.1) is 0 Å². The topological polar surface area (TPSA) is 32.3 Å². The summed E-state index contributed by atoms with van der Waals surface area (Å²) in [4.78, 5) is 14.6. The summed E-state index contributed by atoms with van der Waals surface area (Å²) in [5.74, 6) is 0.300. The molecule has 0 aromatic rings. The van der Waals surface area contributed by atoms with E-state index < -0.39 is 0 Å². The summed E-state index contributed by atoms with van der Waals surface area (Å²) >= 11 is 0. The molecule has 1 amide bonds. The molecule has 3 heteroatoms. The zero-order chi connectivity index (χ0) is 12.6. The number of hydrogen-bond acceptors (Lipinski definition) is 2. The molecule has 3 aliphatic rings. The van der Waals surface area contributed by atoms with Crippen LogP contribution >= 0.6 is 0 Å². The van der Waals surface area contributed by atoms with Gasteiger partial charge in [0, 0.05) is 31.8 Å². The highest BCUT2D eigenvalue weighted by Crippen LogP contribution is 2.43. The molecule has 1 saturated carbocycles. The fourth-order valence-electron chi connectivity index (χ4n) is 3.72. The van der Waals surface area contributed by atoms with Gasteiger partial charge < -0.3 is 10.2 Å². The van der Waals surface area contributed by atoms with Gasteiger partial charge in [-0.15, -0.1) is 0 Å². The van der Waals surface area contributed by atoms with E-state index in [1.54, 1.807) is 0 Å². The molecule has 2 heterocycles. The predicted molar refractivity (Wildman–Crippen MR) is 72.3 cm³/mol. The molecule has 100 valence electrons. The largest absolute Gasteiger partial charge is 0.338 e. The van der Waals surface area contributed by atoms with E-state index in [0.717, 1.165) is 31.8 Å². The van der Waals surface area contributed by atoms with Gasteiger partial charge in [-0.1, -0.05) is 19.3 Å². The maximum absolute atomic E-state index is 12.4. The molecule has 0 aromatic heterocycles. The molecule has 3 rings (SSSR count). The van der Waals surface area contributed by atoms with Crippen LogP contribution in [0, 0.1) is 5.41 Å². The number of carbonyl (C=O) groups is 1. The Bertz CT molecular complexity index is 374. The Labute approximate surface area is 110 Å². The van der Waals surface area contributed by atoms with Crippen molar-refractivity contribution in [1.82, 2.24) is 10.2 Å². The summed E-state index contributed by atoms with van der Waals surface area (Å²) < 4.78 is 0. The molecule has 3 fully saturated rings. The zero-order valence-electron chi connectivity index (χ0n) is 11.4. The van der Waals surface area contributed by atoms with Crippen LogP contribution in [-0.2, 0) is 4.79 Å². The quantitative estimate of drug-likeness (QED) is 0.721. The highest BCUT2D eigenvalue weighted by atomic mass is 16.2.